The summed E-state index contributed by atoms with van der Waals surface area (Å²) in [6.07, 6.45) is 0.972. The Bertz CT molecular complexity index is 749. The maximum atomic E-state index is 6.17. The molecule has 19 heavy (non-hydrogen) atoms. The second kappa shape index (κ2) is 4.87. The lowest BCUT2D eigenvalue weighted by atomic mass is 10.1. The summed E-state index contributed by atoms with van der Waals surface area (Å²) in [5.74, 6) is 0.518. The van der Waals surface area contributed by atoms with E-state index in [0.717, 1.165) is 23.1 Å². The van der Waals surface area contributed by atoms with Crippen LogP contribution < -0.4 is 0 Å². The Morgan fingerprint density at radius 2 is 1.95 bits per heavy atom. The molecule has 0 aliphatic heterocycles. The van der Waals surface area contributed by atoms with Crippen LogP contribution in [0, 0.1) is 0 Å². The molecule has 3 aromatic rings. The van der Waals surface area contributed by atoms with Gasteiger partial charge in [-0.25, -0.2) is 4.98 Å². The summed E-state index contributed by atoms with van der Waals surface area (Å²) in [5.41, 5.74) is 3.59. The van der Waals surface area contributed by atoms with Gasteiger partial charge in [-0.15, -0.1) is 0 Å². The zero-order valence-electron chi connectivity index (χ0n) is 10.3. The van der Waals surface area contributed by atoms with Crippen LogP contribution in [0.1, 0.15) is 12.5 Å². The second-order valence-corrected chi connectivity index (χ2v) is 5.14. The number of aryl methyl sites for hydroxylation is 1. The van der Waals surface area contributed by atoms with Crippen molar-refractivity contribution in [3.63, 3.8) is 0 Å². The Kier molecular flexibility index (Phi) is 3.21. The van der Waals surface area contributed by atoms with E-state index in [1.165, 1.54) is 5.56 Å². The molecule has 0 fully saturated rings. The Labute approximate surface area is 121 Å². The monoisotopic (exact) mass is 291 g/mol. The first-order valence-corrected chi connectivity index (χ1v) is 6.78. The summed E-state index contributed by atoms with van der Waals surface area (Å²) in [4.78, 5) is 4.49. The van der Waals surface area contributed by atoms with Crippen LogP contribution >= 0.6 is 23.2 Å². The zero-order chi connectivity index (χ0) is 13.4. The van der Waals surface area contributed by atoms with Gasteiger partial charge >= 0.3 is 0 Å². The van der Waals surface area contributed by atoms with Gasteiger partial charge in [-0.05, 0) is 42.3 Å². The highest BCUT2D eigenvalue weighted by Gasteiger charge is 2.12. The van der Waals surface area contributed by atoms with Gasteiger partial charge in [-0.1, -0.05) is 36.2 Å². The molecule has 2 aromatic carbocycles. The van der Waals surface area contributed by atoms with E-state index >= 15 is 0 Å². The number of benzene rings is 2. The molecule has 0 aliphatic rings. The summed E-state index contributed by atoms with van der Waals surface area (Å²) in [5, 5.41) is 1.13. The fraction of sp³-hybridized carbons (Fsp3) is 0.133. The van der Waals surface area contributed by atoms with E-state index in [-0.39, 0.29) is 0 Å². The van der Waals surface area contributed by atoms with E-state index in [4.69, 9.17) is 27.6 Å². The van der Waals surface area contributed by atoms with E-state index in [0.29, 0.717) is 15.9 Å². The Hall–Kier alpha value is -1.51. The standard InChI is InChI=1S/C15H11Cl2NO/c1-2-9-3-6-14-13(7-9)18-15(19-14)11-5-4-10(16)8-12(11)17/h3-8H,2H2,1H3. The molecular formula is C15H11Cl2NO. The number of halogens is 2. The molecular weight excluding hydrogens is 281 g/mol. The zero-order valence-corrected chi connectivity index (χ0v) is 11.8. The third-order valence-corrected chi connectivity index (χ3v) is 3.57. The molecule has 1 aromatic heterocycles. The molecule has 0 radical (unpaired) electrons. The van der Waals surface area contributed by atoms with Crippen molar-refractivity contribution in [2.24, 2.45) is 0 Å². The quantitative estimate of drug-likeness (QED) is 0.635. The highest BCUT2D eigenvalue weighted by molar-refractivity contribution is 6.36. The van der Waals surface area contributed by atoms with Crippen molar-refractivity contribution in [2.45, 2.75) is 13.3 Å². The minimum atomic E-state index is 0.518. The highest BCUT2D eigenvalue weighted by atomic mass is 35.5. The van der Waals surface area contributed by atoms with Crippen LogP contribution in [0.15, 0.2) is 40.8 Å². The Morgan fingerprint density at radius 3 is 2.68 bits per heavy atom. The molecule has 0 N–H and O–H groups in total. The van der Waals surface area contributed by atoms with Crippen molar-refractivity contribution in [2.75, 3.05) is 0 Å². The molecule has 0 unspecified atom stereocenters. The van der Waals surface area contributed by atoms with Gasteiger partial charge in [-0.3, -0.25) is 0 Å². The van der Waals surface area contributed by atoms with Crippen molar-refractivity contribution < 1.29 is 4.42 Å². The summed E-state index contributed by atoms with van der Waals surface area (Å²) < 4.78 is 5.74. The predicted molar refractivity (Wildman–Crippen MR) is 78.8 cm³/mol. The summed E-state index contributed by atoms with van der Waals surface area (Å²) >= 11 is 12.1. The van der Waals surface area contributed by atoms with Crippen LogP contribution in [0.4, 0.5) is 0 Å². The predicted octanol–water partition coefficient (Wildman–Crippen LogP) is 5.36. The van der Waals surface area contributed by atoms with Crippen molar-refractivity contribution in [3.05, 3.63) is 52.0 Å². The third-order valence-electron chi connectivity index (χ3n) is 3.02. The largest absolute Gasteiger partial charge is 0.436 e. The summed E-state index contributed by atoms with van der Waals surface area (Å²) in [6, 6.07) is 11.3. The number of hydrogen-bond donors (Lipinski definition) is 0. The number of hydrogen-bond acceptors (Lipinski definition) is 2. The van der Waals surface area contributed by atoms with Gasteiger partial charge in [0, 0.05) is 5.02 Å². The molecule has 0 aliphatic carbocycles. The molecule has 0 saturated heterocycles. The Balaban J connectivity index is 2.14. The second-order valence-electron chi connectivity index (χ2n) is 4.30. The normalized spacial score (nSPS) is 11.1. The minimum absolute atomic E-state index is 0.518. The van der Waals surface area contributed by atoms with E-state index in [1.54, 1.807) is 12.1 Å². The smallest absolute Gasteiger partial charge is 0.228 e. The topological polar surface area (TPSA) is 26.0 Å². The van der Waals surface area contributed by atoms with Gasteiger partial charge in [-0.2, -0.15) is 0 Å². The fourth-order valence-corrected chi connectivity index (χ4v) is 2.46. The Morgan fingerprint density at radius 1 is 1.11 bits per heavy atom. The lowest BCUT2D eigenvalue weighted by Gasteiger charge is -1.98. The molecule has 0 spiro atoms. The molecule has 0 atom stereocenters. The van der Waals surface area contributed by atoms with Gasteiger partial charge in [0.25, 0.3) is 0 Å². The molecule has 2 nitrogen and oxygen atoms in total. The molecule has 0 amide bonds. The summed E-state index contributed by atoms with van der Waals surface area (Å²) in [7, 11) is 0. The number of oxazole rings is 1. The fourth-order valence-electron chi connectivity index (χ4n) is 1.97. The molecule has 96 valence electrons. The first-order valence-electron chi connectivity index (χ1n) is 6.02. The van der Waals surface area contributed by atoms with Crippen molar-refractivity contribution in [3.8, 4) is 11.5 Å². The van der Waals surface area contributed by atoms with Crippen LogP contribution in [0.3, 0.4) is 0 Å². The number of aromatic nitrogens is 1. The van der Waals surface area contributed by atoms with Crippen molar-refractivity contribution in [1.29, 1.82) is 0 Å². The van der Waals surface area contributed by atoms with Crippen LogP contribution in [-0.4, -0.2) is 4.98 Å². The van der Waals surface area contributed by atoms with E-state index in [1.807, 2.05) is 24.3 Å². The van der Waals surface area contributed by atoms with E-state index < -0.39 is 0 Å². The van der Waals surface area contributed by atoms with Gasteiger partial charge in [0.05, 0.1) is 10.6 Å². The first kappa shape index (κ1) is 12.5. The van der Waals surface area contributed by atoms with Crippen LogP contribution in [-0.2, 0) is 6.42 Å². The van der Waals surface area contributed by atoms with Crippen LogP contribution in [0.2, 0.25) is 10.0 Å². The van der Waals surface area contributed by atoms with E-state index in [9.17, 15) is 0 Å². The maximum absolute atomic E-state index is 6.17. The lowest BCUT2D eigenvalue weighted by Crippen LogP contribution is -1.80. The van der Waals surface area contributed by atoms with Gasteiger partial charge < -0.3 is 4.42 Å². The number of fused-ring (bicyclic) bond motifs is 1. The minimum Gasteiger partial charge on any atom is -0.436 e. The highest BCUT2D eigenvalue weighted by Crippen LogP contribution is 2.32. The molecule has 0 saturated carbocycles. The van der Waals surface area contributed by atoms with Crippen molar-refractivity contribution in [1.82, 2.24) is 4.98 Å². The molecule has 3 rings (SSSR count). The van der Waals surface area contributed by atoms with Crippen LogP contribution in [0.25, 0.3) is 22.6 Å². The molecule has 0 bridgehead atoms. The average Bonchev–Trinajstić information content (AvgIpc) is 2.80. The summed E-state index contributed by atoms with van der Waals surface area (Å²) in [6.45, 7) is 2.11. The lowest BCUT2D eigenvalue weighted by molar-refractivity contribution is 0.620. The van der Waals surface area contributed by atoms with Gasteiger partial charge in [0.2, 0.25) is 5.89 Å². The van der Waals surface area contributed by atoms with Gasteiger partial charge in [0.1, 0.15) is 5.52 Å². The first-order chi connectivity index (χ1) is 9.17. The number of rotatable bonds is 2. The van der Waals surface area contributed by atoms with E-state index in [2.05, 4.69) is 11.9 Å². The van der Waals surface area contributed by atoms with Gasteiger partial charge in [0.15, 0.2) is 5.58 Å². The number of nitrogens with zero attached hydrogens (tertiary/aromatic N) is 1. The van der Waals surface area contributed by atoms with Crippen LogP contribution in [0.5, 0.6) is 0 Å². The average molecular weight is 292 g/mol. The van der Waals surface area contributed by atoms with Crippen molar-refractivity contribution >= 4 is 34.3 Å². The molecule has 1 heterocycles. The third kappa shape index (κ3) is 2.34. The molecule has 4 heteroatoms. The maximum Gasteiger partial charge on any atom is 0.228 e. The SMILES string of the molecule is CCc1ccc2oc(-c3ccc(Cl)cc3Cl)nc2c1.